The molecule has 1 aromatic carbocycles. The summed E-state index contributed by atoms with van der Waals surface area (Å²) in [5, 5.41) is 3.39. The van der Waals surface area contributed by atoms with E-state index in [4.69, 9.17) is 4.74 Å². The number of hydrogen-bond donors (Lipinski definition) is 1. The summed E-state index contributed by atoms with van der Waals surface area (Å²) in [5.41, 5.74) is 3.70. The number of sulfonamides is 1. The van der Waals surface area contributed by atoms with E-state index >= 15 is 0 Å². The van der Waals surface area contributed by atoms with Crippen molar-refractivity contribution in [3.05, 3.63) is 64.2 Å². The number of benzene rings is 1. The minimum atomic E-state index is -3.63. The summed E-state index contributed by atoms with van der Waals surface area (Å²) < 4.78 is 34.9. The quantitative estimate of drug-likeness (QED) is 0.559. The molecule has 3 aromatic rings. The smallest absolute Gasteiger partial charge is 0.258 e. The fourth-order valence-electron chi connectivity index (χ4n) is 4.75. The summed E-state index contributed by atoms with van der Waals surface area (Å²) in [4.78, 5) is 19.9. The van der Waals surface area contributed by atoms with E-state index in [1.54, 1.807) is 18.3 Å². The van der Waals surface area contributed by atoms with Gasteiger partial charge in [0, 0.05) is 38.4 Å². The van der Waals surface area contributed by atoms with Gasteiger partial charge in [-0.3, -0.25) is 9.20 Å². The summed E-state index contributed by atoms with van der Waals surface area (Å²) in [7, 11) is -3.63. The first-order chi connectivity index (χ1) is 16.9. The number of ether oxygens (including phenoxy) is 1. The van der Waals surface area contributed by atoms with E-state index in [-0.39, 0.29) is 10.5 Å². The largest absolute Gasteiger partial charge is 0.379 e. The number of morpholine rings is 1. The van der Waals surface area contributed by atoms with Gasteiger partial charge >= 0.3 is 0 Å². The van der Waals surface area contributed by atoms with Crippen molar-refractivity contribution in [2.24, 2.45) is 0 Å². The molecule has 0 atom stereocenters. The van der Waals surface area contributed by atoms with Gasteiger partial charge in [0.25, 0.3) is 5.56 Å². The van der Waals surface area contributed by atoms with Gasteiger partial charge in [0.1, 0.15) is 5.65 Å². The fraction of sp³-hybridized carbons (Fsp3) is 0.440. The van der Waals surface area contributed by atoms with Crippen LogP contribution >= 0.6 is 0 Å². The Bertz CT molecular complexity index is 1380. The molecule has 0 unspecified atom stereocenters. The SMILES string of the molecule is Cc1cccn2c(=O)cc(CNc3cc(S(=O)(=O)N4CCOCC4)ccc3N3CCCCC3)nc12. The van der Waals surface area contributed by atoms with Crippen molar-refractivity contribution in [3.63, 3.8) is 0 Å². The van der Waals surface area contributed by atoms with Gasteiger partial charge in [-0.15, -0.1) is 0 Å². The van der Waals surface area contributed by atoms with Crippen LogP contribution in [0.2, 0.25) is 0 Å². The highest BCUT2D eigenvalue weighted by Gasteiger charge is 2.27. The number of nitrogens with one attached hydrogen (secondary N) is 1. The summed E-state index contributed by atoms with van der Waals surface area (Å²) in [5.74, 6) is 0. The predicted molar refractivity (Wildman–Crippen MR) is 136 cm³/mol. The van der Waals surface area contributed by atoms with Gasteiger partial charge in [-0.25, -0.2) is 13.4 Å². The average molecular weight is 498 g/mol. The van der Waals surface area contributed by atoms with Crippen LogP contribution in [0, 0.1) is 6.92 Å². The molecule has 2 aliphatic heterocycles. The topological polar surface area (TPSA) is 96.2 Å². The van der Waals surface area contributed by atoms with Crippen LogP contribution in [0.25, 0.3) is 5.65 Å². The van der Waals surface area contributed by atoms with Gasteiger partial charge in [-0.05, 0) is 56.0 Å². The van der Waals surface area contributed by atoms with Crippen molar-refractivity contribution in [1.29, 1.82) is 0 Å². The molecule has 0 spiro atoms. The number of fused-ring (bicyclic) bond motifs is 1. The molecule has 2 fully saturated rings. The first-order valence-electron chi connectivity index (χ1n) is 12.1. The second kappa shape index (κ2) is 9.96. The molecule has 0 amide bonds. The molecule has 2 aliphatic rings. The Morgan fingerprint density at radius 2 is 1.80 bits per heavy atom. The van der Waals surface area contributed by atoms with Crippen molar-refractivity contribution in [2.75, 3.05) is 49.6 Å². The number of aromatic nitrogens is 2. The zero-order valence-electron chi connectivity index (χ0n) is 19.9. The Hall–Kier alpha value is -2.95. The van der Waals surface area contributed by atoms with Crippen molar-refractivity contribution >= 4 is 27.0 Å². The van der Waals surface area contributed by atoms with E-state index in [0.717, 1.165) is 42.9 Å². The Morgan fingerprint density at radius 1 is 1.03 bits per heavy atom. The highest BCUT2D eigenvalue weighted by Crippen LogP contribution is 2.32. The lowest BCUT2D eigenvalue weighted by atomic mass is 10.1. The number of nitrogens with zero attached hydrogens (tertiary/aromatic N) is 4. The number of rotatable bonds is 6. The van der Waals surface area contributed by atoms with Gasteiger partial charge in [-0.1, -0.05) is 6.07 Å². The molecule has 10 heteroatoms. The highest BCUT2D eigenvalue weighted by molar-refractivity contribution is 7.89. The van der Waals surface area contributed by atoms with E-state index in [1.165, 1.54) is 21.2 Å². The lowest BCUT2D eigenvalue weighted by Crippen LogP contribution is -2.40. The summed E-state index contributed by atoms with van der Waals surface area (Å²) in [6, 6.07) is 10.6. The molecule has 1 N–H and O–H groups in total. The Kier molecular flexibility index (Phi) is 6.77. The third-order valence-electron chi connectivity index (χ3n) is 6.67. The van der Waals surface area contributed by atoms with Crippen LogP contribution in [0.5, 0.6) is 0 Å². The number of anilines is 2. The molecular formula is C25H31N5O4S. The predicted octanol–water partition coefficient (Wildman–Crippen LogP) is 2.63. The standard InChI is InChI=1S/C25H31N5O4S/c1-19-6-5-11-30-24(31)16-20(27-25(19)30)18-26-22-17-21(35(32,33)29-12-14-34-15-13-29)7-8-23(22)28-9-3-2-4-10-28/h5-8,11,16-17,26H,2-4,9-10,12-15,18H2,1H3. The minimum absolute atomic E-state index is 0.143. The molecule has 2 aromatic heterocycles. The van der Waals surface area contributed by atoms with Crippen LogP contribution in [0.15, 0.2) is 52.3 Å². The molecule has 2 saturated heterocycles. The Labute approximate surface area is 205 Å². The maximum atomic E-state index is 13.3. The van der Waals surface area contributed by atoms with E-state index < -0.39 is 10.0 Å². The molecule has 186 valence electrons. The van der Waals surface area contributed by atoms with Crippen molar-refractivity contribution in [2.45, 2.75) is 37.6 Å². The summed E-state index contributed by atoms with van der Waals surface area (Å²) >= 11 is 0. The van der Waals surface area contributed by atoms with Crippen LogP contribution in [0.3, 0.4) is 0 Å². The van der Waals surface area contributed by atoms with E-state index in [9.17, 15) is 13.2 Å². The molecular weight excluding hydrogens is 466 g/mol. The molecule has 0 bridgehead atoms. The molecule has 0 aliphatic carbocycles. The monoisotopic (exact) mass is 497 g/mol. The highest BCUT2D eigenvalue weighted by atomic mass is 32.2. The number of pyridine rings is 1. The van der Waals surface area contributed by atoms with Crippen molar-refractivity contribution in [1.82, 2.24) is 13.7 Å². The Balaban J connectivity index is 1.48. The number of aryl methyl sites for hydroxylation is 1. The maximum Gasteiger partial charge on any atom is 0.258 e. The normalized spacial score (nSPS) is 17.6. The first kappa shape index (κ1) is 23.8. The van der Waals surface area contributed by atoms with E-state index in [1.807, 2.05) is 25.1 Å². The third-order valence-corrected chi connectivity index (χ3v) is 8.57. The van der Waals surface area contributed by atoms with Crippen LogP contribution in [0.1, 0.15) is 30.5 Å². The zero-order chi connectivity index (χ0) is 24.4. The van der Waals surface area contributed by atoms with Crippen LogP contribution < -0.4 is 15.8 Å². The third kappa shape index (κ3) is 4.91. The second-order valence-corrected chi connectivity index (χ2v) is 11.0. The molecule has 5 rings (SSSR count). The first-order valence-corrected chi connectivity index (χ1v) is 13.6. The molecule has 4 heterocycles. The number of hydrogen-bond acceptors (Lipinski definition) is 7. The molecule has 9 nitrogen and oxygen atoms in total. The van der Waals surface area contributed by atoms with Crippen LogP contribution in [0.4, 0.5) is 11.4 Å². The summed E-state index contributed by atoms with van der Waals surface area (Å²) in [6.45, 7) is 5.59. The van der Waals surface area contributed by atoms with Gasteiger partial charge in [-0.2, -0.15) is 4.31 Å². The van der Waals surface area contributed by atoms with Crippen LogP contribution in [-0.2, 0) is 21.3 Å². The van der Waals surface area contributed by atoms with E-state index in [0.29, 0.717) is 44.2 Å². The van der Waals surface area contributed by atoms with Crippen LogP contribution in [-0.4, -0.2) is 61.5 Å². The molecule has 0 radical (unpaired) electrons. The second-order valence-electron chi connectivity index (χ2n) is 9.07. The minimum Gasteiger partial charge on any atom is -0.379 e. The Morgan fingerprint density at radius 3 is 2.57 bits per heavy atom. The fourth-order valence-corrected chi connectivity index (χ4v) is 6.18. The molecule has 35 heavy (non-hydrogen) atoms. The van der Waals surface area contributed by atoms with E-state index in [2.05, 4.69) is 15.2 Å². The lowest BCUT2D eigenvalue weighted by molar-refractivity contribution is 0.0730. The maximum absolute atomic E-state index is 13.3. The van der Waals surface area contributed by atoms with Gasteiger partial charge < -0.3 is 15.0 Å². The van der Waals surface area contributed by atoms with Crippen molar-refractivity contribution in [3.8, 4) is 0 Å². The average Bonchev–Trinajstić information content (AvgIpc) is 2.89. The lowest BCUT2D eigenvalue weighted by Gasteiger charge is -2.31. The molecule has 0 saturated carbocycles. The van der Waals surface area contributed by atoms with Gasteiger partial charge in [0.15, 0.2) is 0 Å². The number of piperidine rings is 1. The van der Waals surface area contributed by atoms with Gasteiger partial charge in [0.2, 0.25) is 10.0 Å². The zero-order valence-corrected chi connectivity index (χ0v) is 20.8. The summed E-state index contributed by atoms with van der Waals surface area (Å²) in [6.07, 6.45) is 5.13. The van der Waals surface area contributed by atoms with Gasteiger partial charge in [0.05, 0.1) is 41.7 Å². The van der Waals surface area contributed by atoms with Crippen molar-refractivity contribution < 1.29 is 13.2 Å².